The zero-order valence-corrected chi connectivity index (χ0v) is 11.0. The van der Waals surface area contributed by atoms with Crippen molar-refractivity contribution in [3.8, 4) is 0 Å². The van der Waals surface area contributed by atoms with E-state index in [9.17, 15) is 14.7 Å². The molecule has 2 fully saturated rings. The molecule has 0 spiro atoms. The molecule has 2 aliphatic carbocycles. The third kappa shape index (κ3) is 1.96. The second kappa shape index (κ2) is 4.63. The molecule has 5 atom stereocenters. The Hall–Kier alpha value is -1.36. The lowest BCUT2D eigenvalue weighted by atomic mass is 9.82. The molecule has 2 bridgehead atoms. The summed E-state index contributed by atoms with van der Waals surface area (Å²) >= 11 is 0. The molecule has 1 amide bonds. The van der Waals surface area contributed by atoms with Crippen molar-refractivity contribution in [3.05, 3.63) is 12.2 Å². The van der Waals surface area contributed by atoms with Crippen LogP contribution in [0.2, 0.25) is 0 Å². The van der Waals surface area contributed by atoms with Gasteiger partial charge in [0, 0.05) is 20.2 Å². The third-order valence-corrected chi connectivity index (χ3v) is 4.82. The quantitative estimate of drug-likeness (QED) is 0.765. The maximum Gasteiger partial charge on any atom is 0.307 e. The maximum absolute atomic E-state index is 12.6. The number of methoxy groups -OCH3 is 1. The lowest BCUT2D eigenvalue weighted by molar-refractivity contribution is -0.150. The number of carboxylic acids is 1. The first-order valence-electron chi connectivity index (χ1n) is 6.84. The van der Waals surface area contributed by atoms with Crippen molar-refractivity contribution in [1.29, 1.82) is 0 Å². The molecular weight excluding hydrogens is 246 g/mol. The summed E-state index contributed by atoms with van der Waals surface area (Å²) in [6.45, 7) is 1.28. The first-order valence-corrected chi connectivity index (χ1v) is 6.84. The summed E-state index contributed by atoms with van der Waals surface area (Å²) in [6, 6.07) is 0. The second-order valence-electron chi connectivity index (χ2n) is 5.77. The van der Waals surface area contributed by atoms with Gasteiger partial charge in [0.1, 0.15) is 0 Å². The first-order chi connectivity index (χ1) is 9.11. The molecule has 0 aromatic carbocycles. The molecule has 3 rings (SSSR count). The number of ether oxygens (including phenoxy) is 1. The predicted molar refractivity (Wildman–Crippen MR) is 67.3 cm³/mol. The van der Waals surface area contributed by atoms with Crippen LogP contribution in [0.15, 0.2) is 12.2 Å². The van der Waals surface area contributed by atoms with E-state index >= 15 is 0 Å². The normalized spacial score (nSPS) is 40.1. The Morgan fingerprint density at radius 1 is 1.26 bits per heavy atom. The molecule has 104 valence electrons. The van der Waals surface area contributed by atoms with Gasteiger partial charge >= 0.3 is 5.97 Å². The van der Waals surface area contributed by atoms with Crippen molar-refractivity contribution in [2.24, 2.45) is 23.7 Å². The van der Waals surface area contributed by atoms with Crippen LogP contribution in [0.4, 0.5) is 0 Å². The standard InChI is InChI=1S/C14H19NO4/c1-19-10-4-5-15(7-10)13(16)11-8-2-3-9(6-8)12(11)14(17)18/h2-3,8-12H,4-7H2,1H3,(H,17,18). The third-order valence-electron chi connectivity index (χ3n) is 4.82. The summed E-state index contributed by atoms with van der Waals surface area (Å²) in [7, 11) is 1.65. The number of hydrogen-bond acceptors (Lipinski definition) is 3. The van der Waals surface area contributed by atoms with Gasteiger partial charge in [0.25, 0.3) is 0 Å². The number of hydrogen-bond donors (Lipinski definition) is 1. The van der Waals surface area contributed by atoms with Gasteiger partial charge in [-0.05, 0) is 24.7 Å². The van der Waals surface area contributed by atoms with E-state index in [0.717, 1.165) is 12.8 Å². The van der Waals surface area contributed by atoms with Crippen LogP contribution in [0.5, 0.6) is 0 Å². The molecule has 0 radical (unpaired) electrons. The summed E-state index contributed by atoms with van der Waals surface area (Å²) in [6.07, 6.45) is 5.75. The highest BCUT2D eigenvalue weighted by Gasteiger charge is 2.53. The Kier molecular flexibility index (Phi) is 3.09. The SMILES string of the molecule is COC1CCN(C(=O)C2C3C=CC(C3)C2C(=O)O)C1. The van der Waals surface area contributed by atoms with E-state index in [2.05, 4.69) is 0 Å². The number of allylic oxidation sites excluding steroid dienone is 2. The van der Waals surface area contributed by atoms with Crippen LogP contribution in [0, 0.1) is 23.7 Å². The number of amides is 1. The van der Waals surface area contributed by atoms with Crippen molar-refractivity contribution in [1.82, 2.24) is 4.90 Å². The van der Waals surface area contributed by atoms with Crippen LogP contribution in [0.1, 0.15) is 12.8 Å². The Balaban J connectivity index is 1.76. The first kappa shape index (κ1) is 12.7. The molecule has 1 heterocycles. The van der Waals surface area contributed by atoms with Gasteiger partial charge in [-0.25, -0.2) is 0 Å². The molecule has 5 heteroatoms. The molecule has 5 unspecified atom stereocenters. The highest BCUT2D eigenvalue weighted by Crippen LogP contribution is 2.49. The van der Waals surface area contributed by atoms with Crippen LogP contribution in [0.3, 0.4) is 0 Å². The molecule has 3 aliphatic rings. The summed E-state index contributed by atoms with van der Waals surface area (Å²) in [4.78, 5) is 25.8. The highest BCUT2D eigenvalue weighted by molar-refractivity contribution is 5.87. The Bertz CT molecular complexity index is 433. The molecular formula is C14H19NO4. The zero-order chi connectivity index (χ0) is 13.6. The van der Waals surface area contributed by atoms with Gasteiger partial charge in [0.15, 0.2) is 0 Å². The predicted octanol–water partition coefficient (Wildman–Crippen LogP) is 0.757. The average Bonchev–Trinajstić information content (AvgIpc) is 3.11. The Morgan fingerprint density at radius 2 is 1.95 bits per heavy atom. The number of aliphatic carboxylic acids is 1. The molecule has 0 aromatic heterocycles. The van der Waals surface area contributed by atoms with Crippen LogP contribution in [-0.2, 0) is 14.3 Å². The number of fused-ring (bicyclic) bond motifs is 2. The van der Waals surface area contributed by atoms with Gasteiger partial charge < -0.3 is 14.7 Å². The van der Waals surface area contributed by atoms with E-state index in [1.54, 1.807) is 12.0 Å². The van der Waals surface area contributed by atoms with Crippen LogP contribution in [0.25, 0.3) is 0 Å². The van der Waals surface area contributed by atoms with E-state index in [-0.39, 0.29) is 29.8 Å². The van der Waals surface area contributed by atoms with Crippen molar-refractivity contribution >= 4 is 11.9 Å². The summed E-state index contributed by atoms with van der Waals surface area (Å²) in [5.74, 6) is -1.59. The van der Waals surface area contributed by atoms with Crippen molar-refractivity contribution in [2.75, 3.05) is 20.2 Å². The van der Waals surface area contributed by atoms with Crippen LogP contribution in [-0.4, -0.2) is 48.2 Å². The minimum Gasteiger partial charge on any atom is -0.481 e. The molecule has 19 heavy (non-hydrogen) atoms. The number of carbonyl (C=O) groups is 2. The lowest BCUT2D eigenvalue weighted by Gasteiger charge is -2.28. The minimum atomic E-state index is -0.835. The number of carbonyl (C=O) groups excluding carboxylic acids is 1. The van der Waals surface area contributed by atoms with E-state index in [4.69, 9.17) is 4.74 Å². The fourth-order valence-corrected chi connectivity index (χ4v) is 3.83. The summed E-state index contributed by atoms with van der Waals surface area (Å²) in [5.41, 5.74) is 0. The van der Waals surface area contributed by atoms with Crippen molar-refractivity contribution in [2.45, 2.75) is 18.9 Å². The number of carboxylic acid groups (broad SMARTS) is 1. The van der Waals surface area contributed by atoms with E-state index in [1.807, 2.05) is 12.2 Å². The topological polar surface area (TPSA) is 66.8 Å². The Morgan fingerprint density at radius 3 is 2.53 bits per heavy atom. The van der Waals surface area contributed by atoms with E-state index < -0.39 is 11.9 Å². The van der Waals surface area contributed by atoms with Gasteiger partial charge in [0.05, 0.1) is 17.9 Å². The van der Waals surface area contributed by atoms with Crippen LogP contribution < -0.4 is 0 Å². The minimum absolute atomic E-state index is 0.00352. The average molecular weight is 265 g/mol. The molecule has 0 aromatic rings. The van der Waals surface area contributed by atoms with E-state index in [0.29, 0.717) is 13.1 Å². The second-order valence-corrected chi connectivity index (χ2v) is 5.77. The molecule has 1 saturated heterocycles. The van der Waals surface area contributed by atoms with Crippen LogP contribution >= 0.6 is 0 Å². The van der Waals surface area contributed by atoms with Gasteiger partial charge in [0.2, 0.25) is 5.91 Å². The Labute approximate surface area is 112 Å². The molecule has 1 saturated carbocycles. The summed E-state index contributed by atoms with van der Waals surface area (Å²) < 4.78 is 5.27. The van der Waals surface area contributed by atoms with E-state index in [1.165, 1.54) is 0 Å². The number of likely N-dealkylation sites (tertiary alicyclic amines) is 1. The fraction of sp³-hybridized carbons (Fsp3) is 0.714. The number of rotatable bonds is 3. The van der Waals surface area contributed by atoms with Gasteiger partial charge in [-0.2, -0.15) is 0 Å². The maximum atomic E-state index is 12.6. The molecule has 1 aliphatic heterocycles. The zero-order valence-electron chi connectivity index (χ0n) is 11.0. The van der Waals surface area contributed by atoms with Gasteiger partial charge in [-0.1, -0.05) is 12.2 Å². The van der Waals surface area contributed by atoms with Crippen molar-refractivity contribution < 1.29 is 19.4 Å². The fourth-order valence-electron chi connectivity index (χ4n) is 3.83. The van der Waals surface area contributed by atoms with Gasteiger partial charge in [-0.3, -0.25) is 9.59 Å². The number of nitrogens with zero attached hydrogens (tertiary/aromatic N) is 1. The van der Waals surface area contributed by atoms with Gasteiger partial charge in [-0.15, -0.1) is 0 Å². The lowest BCUT2D eigenvalue weighted by Crippen LogP contribution is -2.42. The highest BCUT2D eigenvalue weighted by atomic mass is 16.5. The smallest absolute Gasteiger partial charge is 0.307 e. The molecule has 5 nitrogen and oxygen atoms in total. The summed E-state index contributed by atoms with van der Waals surface area (Å²) in [5, 5.41) is 9.37. The monoisotopic (exact) mass is 265 g/mol. The largest absolute Gasteiger partial charge is 0.481 e. The molecule has 1 N–H and O–H groups in total. The van der Waals surface area contributed by atoms with Crippen molar-refractivity contribution in [3.63, 3.8) is 0 Å².